The number of benzene rings is 2. The van der Waals surface area contributed by atoms with E-state index in [1.165, 1.54) is 9.25 Å². The highest BCUT2D eigenvalue weighted by Gasteiger charge is 2.33. The molecule has 1 fully saturated rings. The van der Waals surface area contributed by atoms with Crippen LogP contribution in [-0.2, 0) is 17.6 Å². The molecule has 1 N–H and O–H groups in total. The molecule has 0 unspecified atom stereocenters. The van der Waals surface area contributed by atoms with Crippen molar-refractivity contribution in [1.82, 2.24) is 24.6 Å². The average molecular weight is 518 g/mol. The molecule has 2 aromatic carbocycles. The lowest BCUT2D eigenvalue weighted by Crippen LogP contribution is -2.40. The number of carbonyl (C=O) groups is 1. The number of likely N-dealkylation sites (tertiary alicyclic amines) is 1. The monoisotopic (exact) mass is 517 g/mol. The Kier molecular flexibility index (Phi) is 7.90. The Morgan fingerprint density at radius 2 is 1.81 bits per heavy atom. The fourth-order valence-electron chi connectivity index (χ4n) is 4.28. The number of hydrogen-bond donors (Lipinski definition) is 1. The van der Waals surface area contributed by atoms with Crippen LogP contribution in [0.3, 0.4) is 0 Å². The molecular formula is C26H30ClF2N5O2. The van der Waals surface area contributed by atoms with E-state index in [0.717, 1.165) is 12.0 Å². The number of alkyl halides is 2. The standard InChI is InChI=1S/C26H30ClF2N5O2/c1-18(2)30-24(35)17-23-31-34(25(36)33(23)22-5-3-4-20(27)16-22)21-8-6-19(7-9-21)10-13-32-14-11-26(28,29)12-15-32/h3-9,16,18H,10-15,17H2,1-2H3,(H,30,35). The fourth-order valence-corrected chi connectivity index (χ4v) is 4.46. The molecule has 2 heterocycles. The number of carbonyl (C=O) groups excluding carboxylic acids is 1. The maximum absolute atomic E-state index is 13.4. The van der Waals surface area contributed by atoms with E-state index >= 15 is 0 Å². The van der Waals surface area contributed by atoms with Crippen molar-refractivity contribution in [2.24, 2.45) is 0 Å². The van der Waals surface area contributed by atoms with Crippen molar-refractivity contribution >= 4 is 17.5 Å². The van der Waals surface area contributed by atoms with E-state index in [1.54, 1.807) is 36.4 Å². The Morgan fingerprint density at radius 3 is 2.44 bits per heavy atom. The van der Waals surface area contributed by atoms with E-state index in [2.05, 4.69) is 15.3 Å². The van der Waals surface area contributed by atoms with Crippen LogP contribution in [-0.4, -0.2) is 56.8 Å². The number of hydrogen-bond acceptors (Lipinski definition) is 4. The van der Waals surface area contributed by atoms with Gasteiger partial charge in [0.15, 0.2) is 0 Å². The van der Waals surface area contributed by atoms with Gasteiger partial charge < -0.3 is 10.2 Å². The van der Waals surface area contributed by atoms with Gasteiger partial charge in [-0.1, -0.05) is 29.8 Å². The number of piperidine rings is 1. The van der Waals surface area contributed by atoms with Gasteiger partial charge in [0.25, 0.3) is 5.92 Å². The smallest absolute Gasteiger partial charge is 0.354 e. The number of nitrogens with zero attached hydrogens (tertiary/aromatic N) is 4. The maximum atomic E-state index is 13.4. The predicted octanol–water partition coefficient (Wildman–Crippen LogP) is 4.02. The van der Waals surface area contributed by atoms with Crippen LogP contribution in [0.5, 0.6) is 0 Å². The largest absolute Gasteiger partial charge is 0.355 e. The van der Waals surface area contributed by atoms with E-state index in [-0.39, 0.29) is 31.2 Å². The van der Waals surface area contributed by atoms with Crippen LogP contribution in [0.15, 0.2) is 53.3 Å². The van der Waals surface area contributed by atoms with Crippen LogP contribution in [0.1, 0.15) is 38.1 Å². The second kappa shape index (κ2) is 10.9. The minimum Gasteiger partial charge on any atom is -0.354 e. The molecule has 36 heavy (non-hydrogen) atoms. The van der Waals surface area contributed by atoms with Gasteiger partial charge in [-0.2, -0.15) is 4.68 Å². The molecule has 4 rings (SSSR count). The van der Waals surface area contributed by atoms with Crippen molar-refractivity contribution < 1.29 is 13.6 Å². The van der Waals surface area contributed by atoms with Gasteiger partial charge in [-0.25, -0.2) is 18.1 Å². The van der Waals surface area contributed by atoms with Gasteiger partial charge in [0.2, 0.25) is 5.91 Å². The summed E-state index contributed by atoms with van der Waals surface area (Å²) in [6, 6.07) is 14.2. The molecule has 0 spiro atoms. The van der Waals surface area contributed by atoms with Crippen molar-refractivity contribution in [2.45, 2.75) is 51.5 Å². The number of aromatic nitrogens is 3. The minimum absolute atomic E-state index is 0.0418. The summed E-state index contributed by atoms with van der Waals surface area (Å²) in [5.74, 6) is -2.49. The molecule has 1 saturated heterocycles. The summed E-state index contributed by atoms with van der Waals surface area (Å²) in [7, 11) is 0. The molecule has 1 amide bonds. The van der Waals surface area contributed by atoms with Crippen molar-refractivity contribution in [2.75, 3.05) is 19.6 Å². The highest BCUT2D eigenvalue weighted by Crippen LogP contribution is 2.27. The van der Waals surface area contributed by atoms with Crippen molar-refractivity contribution in [3.63, 3.8) is 0 Å². The summed E-state index contributed by atoms with van der Waals surface area (Å²) in [6.07, 6.45) is 0.460. The third-order valence-corrected chi connectivity index (χ3v) is 6.40. The van der Waals surface area contributed by atoms with E-state index in [4.69, 9.17) is 11.6 Å². The SMILES string of the molecule is CC(C)NC(=O)Cc1nn(-c2ccc(CCN3CCC(F)(F)CC3)cc2)c(=O)n1-c1cccc(Cl)c1. The topological polar surface area (TPSA) is 72.2 Å². The third kappa shape index (κ3) is 6.39. The molecule has 3 aromatic rings. The Morgan fingerprint density at radius 1 is 1.11 bits per heavy atom. The summed E-state index contributed by atoms with van der Waals surface area (Å²) < 4.78 is 29.4. The van der Waals surface area contributed by atoms with Gasteiger partial charge in [0.1, 0.15) is 5.82 Å². The van der Waals surface area contributed by atoms with Gasteiger partial charge in [-0.15, -0.1) is 5.10 Å². The summed E-state index contributed by atoms with van der Waals surface area (Å²) in [5.41, 5.74) is 1.71. The Hall–Kier alpha value is -3.04. The highest BCUT2D eigenvalue weighted by atomic mass is 35.5. The van der Waals surface area contributed by atoms with Crippen LogP contribution >= 0.6 is 11.6 Å². The molecule has 0 atom stereocenters. The van der Waals surface area contributed by atoms with E-state index < -0.39 is 11.6 Å². The van der Waals surface area contributed by atoms with Crippen molar-refractivity contribution in [1.29, 1.82) is 0 Å². The zero-order valence-corrected chi connectivity index (χ0v) is 21.1. The minimum atomic E-state index is -2.55. The van der Waals surface area contributed by atoms with Gasteiger partial charge >= 0.3 is 5.69 Å². The summed E-state index contributed by atoms with van der Waals surface area (Å²) in [4.78, 5) is 27.9. The molecule has 0 saturated carbocycles. The first-order valence-electron chi connectivity index (χ1n) is 12.1. The lowest BCUT2D eigenvalue weighted by Gasteiger charge is -2.31. The number of nitrogens with one attached hydrogen (secondary N) is 1. The van der Waals surface area contributed by atoms with Crippen LogP contribution < -0.4 is 11.0 Å². The molecule has 7 nitrogen and oxygen atoms in total. The lowest BCUT2D eigenvalue weighted by atomic mass is 10.1. The van der Waals surface area contributed by atoms with Gasteiger partial charge in [0, 0.05) is 43.5 Å². The van der Waals surface area contributed by atoms with Gasteiger partial charge in [-0.05, 0) is 56.2 Å². The molecular weight excluding hydrogens is 488 g/mol. The zero-order valence-electron chi connectivity index (χ0n) is 20.4. The van der Waals surface area contributed by atoms with E-state index in [0.29, 0.717) is 41.9 Å². The number of rotatable bonds is 8. The molecule has 10 heteroatoms. The van der Waals surface area contributed by atoms with Crippen LogP contribution in [0.2, 0.25) is 5.02 Å². The quantitative estimate of drug-likeness (QED) is 0.490. The first-order chi connectivity index (χ1) is 17.1. The predicted molar refractivity (Wildman–Crippen MR) is 135 cm³/mol. The summed E-state index contributed by atoms with van der Waals surface area (Å²) in [5, 5.41) is 7.77. The number of halogens is 3. The normalized spacial score (nSPS) is 15.8. The molecule has 192 valence electrons. The van der Waals surface area contributed by atoms with Gasteiger partial charge in [0.05, 0.1) is 17.8 Å². The summed E-state index contributed by atoms with van der Waals surface area (Å²) in [6.45, 7) is 5.22. The van der Waals surface area contributed by atoms with Crippen LogP contribution in [0.4, 0.5) is 8.78 Å². The molecule has 1 aliphatic heterocycles. The van der Waals surface area contributed by atoms with Crippen LogP contribution in [0, 0.1) is 0 Å². The maximum Gasteiger partial charge on any atom is 0.355 e. The van der Waals surface area contributed by atoms with Crippen molar-refractivity contribution in [3.05, 3.63) is 75.4 Å². The first kappa shape index (κ1) is 26.0. The molecule has 0 aliphatic carbocycles. The Balaban J connectivity index is 1.55. The molecule has 0 radical (unpaired) electrons. The highest BCUT2D eigenvalue weighted by molar-refractivity contribution is 6.30. The number of amides is 1. The second-order valence-corrected chi connectivity index (χ2v) is 9.88. The van der Waals surface area contributed by atoms with Crippen LogP contribution in [0.25, 0.3) is 11.4 Å². The van der Waals surface area contributed by atoms with E-state index in [1.807, 2.05) is 26.0 Å². The molecule has 1 aromatic heterocycles. The lowest BCUT2D eigenvalue weighted by molar-refractivity contribution is -0.121. The van der Waals surface area contributed by atoms with Crippen molar-refractivity contribution in [3.8, 4) is 11.4 Å². The second-order valence-electron chi connectivity index (χ2n) is 9.44. The fraction of sp³-hybridized carbons (Fsp3) is 0.423. The average Bonchev–Trinajstić information content (AvgIpc) is 3.13. The van der Waals surface area contributed by atoms with Gasteiger partial charge in [-0.3, -0.25) is 4.79 Å². The summed E-state index contributed by atoms with van der Waals surface area (Å²) >= 11 is 6.15. The Labute approximate surface area is 213 Å². The third-order valence-electron chi connectivity index (χ3n) is 6.17. The first-order valence-corrected chi connectivity index (χ1v) is 12.4. The molecule has 0 bridgehead atoms. The molecule has 1 aliphatic rings. The Bertz CT molecular complexity index is 1260. The van der Waals surface area contributed by atoms with E-state index in [9.17, 15) is 18.4 Å². The zero-order chi connectivity index (χ0) is 25.9.